The Balaban J connectivity index is 1.24. The van der Waals surface area contributed by atoms with E-state index in [1.165, 1.54) is 34.4 Å². The number of nitrogens with zero attached hydrogens (tertiary/aromatic N) is 4. The second-order valence-electron chi connectivity index (χ2n) is 9.09. The average molecular weight is 497 g/mol. The second kappa shape index (κ2) is 9.54. The van der Waals surface area contributed by atoms with E-state index in [4.69, 9.17) is 22.2 Å². The Morgan fingerprint density at radius 3 is 1.69 bits per heavy atom. The van der Waals surface area contributed by atoms with E-state index >= 15 is 0 Å². The van der Waals surface area contributed by atoms with Crippen LogP contribution in [0.5, 0.6) is 0 Å². The number of hydrogen-bond acceptors (Lipinski definition) is 5. The summed E-state index contributed by atoms with van der Waals surface area (Å²) >= 11 is 5.53. The van der Waals surface area contributed by atoms with Crippen molar-refractivity contribution < 1.29 is 4.39 Å². The largest absolute Gasteiger partial charge is 0.358 e. The van der Waals surface area contributed by atoms with Crippen molar-refractivity contribution in [2.75, 3.05) is 15.1 Å². The van der Waals surface area contributed by atoms with Crippen molar-refractivity contribution in [1.82, 2.24) is 15.3 Å². The van der Waals surface area contributed by atoms with Gasteiger partial charge in [0.05, 0.1) is 0 Å². The van der Waals surface area contributed by atoms with E-state index in [9.17, 15) is 4.39 Å². The number of thiocarbonyl (C=S) groups is 1. The van der Waals surface area contributed by atoms with Gasteiger partial charge in [-0.3, -0.25) is 0 Å². The second-order valence-corrected chi connectivity index (χ2v) is 9.50. The lowest BCUT2D eigenvalue weighted by Crippen LogP contribution is -2.29. The summed E-state index contributed by atoms with van der Waals surface area (Å²) in [5.74, 6) is 1.91. The fourth-order valence-electron chi connectivity index (χ4n) is 4.72. The Labute approximate surface area is 214 Å². The standard InChI is InChI=1S/C28H25FN6S/c29-24-11-9-19(10-12-24)14-30-28(36)33-27-31-25(34-15-20-5-1-2-6-21(20)16-34)13-26(32-27)35-17-22-7-3-4-8-23(22)18-35/h1-13H,14-18H2,(H2,30,31,32,33,36). The topological polar surface area (TPSA) is 56.3 Å². The van der Waals surface area contributed by atoms with E-state index in [0.717, 1.165) is 43.4 Å². The van der Waals surface area contributed by atoms with Crippen LogP contribution >= 0.6 is 12.2 Å². The zero-order valence-corrected chi connectivity index (χ0v) is 20.4. The number of nitrogens with one attached hydrogen (secondary N) is 2. The molecule has 2 aliphatic rings. The van der Waals surface area contributed by atoms with Gasteiger partial charge in [0.15, 0.2) is 5.11 Å². The van der Waals surface area contributed by atoms with Crippen molar-refractivity contribution in [1.29, 1.82) is 0 Å². The lowest BCUT2D eigenvalue weighted by Gasteiger charge is -2.22. The molecule has 0 fully saturated rings. The van der Waals surface area contributed by atoms with Gasteiger partial charge in [-0.15, -0.1) is 0 Å². The Kier molecular flexibility index (Phi) is 5.95. The van der Waals surface area contributed by atoms with Gasteiger partial charge in [0, 0.05) is 38.8 Å². The number of halogens is 1. The smallest absolute Gasteiger partial charge is 0.232 e. The third-order valence-electron chi connectivity index (χ3n) is 6.62. The molecule has 2 aliphatic heterocycles. The van der Waals surface area contributed by atoms with Gasteiger partial charge in [-0.2, -0.15) is 9.97 Å². The first-order valence-electron chi connectivity index (χ1n) is 11.9. The lowest BCUT2D eigenvalue weighted by atomic mass is 10.1. The average Bonchev–Trinajstić information content (AvgIpc) is 3.53. The minimum absolute atomic E-state index is 0.259. The minimum atomic E-state index is -0.259. The zero-order chi connectivity index (χ0) is 24.5. The van der Waals surface area contributed by atoms with Crippen LogP contribution in [0.3, 0.4) is 0 Å². The predicted octanol–water partition coefficient (Wildman–Crippen LogP) is 5.14. The third-order valence-corrected chi connectivity index (χ3v) is 6.87. The van der Waals surface area contributed by atoms with Crippen LogP contribution < -0.4 is 20.4 Å². The Bertz CT molecular complexity index is 1300. The van der Waals surface area contributed by atoms with Gasteiger partial charge in [-0.25, -0.2) is 4.39 Å². The van der Waals surface area contributed by atoms with Crippen LogP contribution in [0.15, 0.2) is 78.9 Å². The van der Waals surface area contributed by atoms with Crippen molar-refractivity contribution in [3.63, 3.8) is 0 Å². The highest BCUT2D eigenvalue weighted by Gasteiger charge is 2.25. The Morgan fingerprint density at radius 1 is 0.750 bits per heavy atom. The van der Waals surface area contributed by atoms with Crippen LogP contribution in [0.25, 0.3) is 0 Å². The van der Waals surface area contributed by atoms with Crippen molar-refractivity contribution in [3.8, 4) is 0 Å². The molecule has 0 unspecified atom stereocenters. The van der Waals surface area contributed by atoms with E-state index in [0.29, 0.717) is 17.6 Å². The maximum absolute atomic E-state index is 13.2. The van der Waals surface area contributed by atoms with E-state index < -0.39 is 0 Å². The zero-order valence-electron chi connectivity index (χ0n) is 19.6. The summed E-state index contributed by atoms with van der Waals surface area (Å²) in [6.07, 6.45) is 0. The van der Waals surface area contributed by atoms with Gasteiger partial charge >= 0.3 is 0 Å². The number of benzene rings is 3. The highest BCUT2D eigenvalue weighted by Crippen LogP contribution is 2.32. The molecule has 0 bridgehead atoms. The molecular formula is C28H25FN6S. The van der Waals surface area contributed by atoms with Crippen LogP contribution in [0.4, 0.5) is 22.0 Å². The van der Waals surface area contributed by atoms with E-state index in [-0.39, 0.29) is 5.82 Å². The van der Waals surface area contributed by atoms with Gasteiger partial charge in [0.25, 0.3) is 0 Å². The van der Waals surface area contributed by atoms with Gasteiger partial charge < -0.3 is 20.4 Å². The van der Waals surface area contributed by atoms with Crippen molar-refractivity contribution in [2.45, 2.75) is 32.7 Å². The first-order chi connectivity index (χ1) is 17.6. The fraction of sp³-hybridized carbons (Fsp3) is 0.179. The van der Waals surface area contributed by atoms with E-state index in [1.54, 1.807) is 12.1 Å². The molecule has 0 aliphatic carbocycles. The van der Waals surface area contributed by atoms with Gasteiger partial charge in [0.1, 0.15) is 17.5 Å². The number of anilines is 3. The van der Waals surface area contributed by atoms with Crippen molar-refractivity contribution >= 4 is 34.9 Å². The Hall–Kier alpha value is -4.04. The quantitative estimate of drug-likeness (QED) is 0.371. The molecule has 0 spiro atoms. The molecule has 3 heterocycles. The SMILES string of the molecule is Fc1ccc(CNC(=S)Nc2nc(N3Cc4ccccc4C3)cc(N3Cc4ccccc4C3)n2)cc1. The summed E-state index contributed by atoms with van der Waals surface area (Å²) in [6, 6.07) is 25.4. The molecule has 0 saturated carbocycles. The molecule has 0 saturated heterocycles. The molecular weight excluding hydrogens is 471 g/mol. The first kappa shape index (κ1) is 22.4. The van der Waals surface area contributed by atoms with Crippen LogP contribution in [-0.4, -0.2) is 15.1 Å². The molecule has 3 aromatic carbocycles. The molecule has 0 amide bonds. The van der Waals surface area contributed by atoms with Crippen molar-refractivity contribution in [3.05, 3.63) is 112 Å². The number of aromatic nitrogens is 2. The number of hydrogen-bond donors (Lipinski definition) is 2. The van der Waals surface area contributed by atoms with Gasteiger partial charge in [-0.05, 0) is 52.2 Å². The highest BCUT2D eigenvalue weighted by molar-refractivity contribution is 7.80. The maximum Gasteiger partial charge on any atom is 0.232 e. The predicted molar refractivity (Wildman–Crippen MR) is 144 cm³/mol. The number of fused-ring (bicyclic) bond motifs is 2. The summed E-state index contributed by atoms with van der Waals surface area (Å²) in [4.78, 5) is 14.2. The molecule has 0 atom stereocenters. The molecule has 6 rings (SSSR count). The van der Waals surface area contributed by atoms with Crippen LogP contribution in [0, 0.1) is 5.82 Å². The molecule has 1 aromatic heterocycles. The number of rotatable bonds is 5. The Morgan fingerprint density at radius 2 is 1.22 bits per heavy atom. The molecule has 180 valence electrons. The van der Waals surface area contributed by atoms with Crippen LogP contribution in [-0.2, 0) is 32.7 Å². The van der Waals surface area contributed by atoms with Crippen LogP contribution in [0.1, 0.15) is 27.8 Å². The fourth-order valence-corrected chi connectivity index (χ4v) is 4.89. The molecule has 8 heteroatoms. The molecule has 36 heavy (non-hydrogen) atoms. The monoisotopic (exact) mass is 496 g/mol. The highest BCUT2D eigenvalue weighted by atomic mass is 32.1. The maximum atomic E-state index is 13.2. The summed E-state index contributed by atoms with van der Waals surface area (Å²) in [5, 5.41) is 6.74. The van der Waals surface area contributed by atoms with E-state index in [1.807, 2.05) is 0 Å². The minimum Gasteiger partial charge on any atom is -0.358 e. The molecule has 6 nitrogen and oxygen atoms in total. The molecule has 4 aromatic rings. The van der Waals surface area contributed by atoms with E-state index in [2.05, 4.69) is 75.0 Å². The molecule has 0 radical (unpaired) electrons. The normalized spacial score (nSPS) is 13.9. The van der Waals surface area contributed by atoms with Gasteiger partial charge in [0.2, 0.25) is 5.95 Å². The summed E-state index contributed by atoms with van der Waals surface area (Å²) in [6.45, 7) is 3.69. The summed E-state index contributed by atoms with van der Waals surface area (Å²) in [7, 11) is 0. The lowest BCUT2D eigenvalue weighted by molar-refractivity contribution is 0.627. The van der Waals surface area contributed by atoms with Gasteiger partial charge in [-0.1, -0.05) is 60.7 Å². The van der Waals surface area contributed by atoms with Crippen LogP contribution in [0.2, 0.25) is 0 Å². The summed E-state index contributed by atoms with van der Waals surface area (Å²) in [5.41, 5.74) is 6.20. The third kappa shape index (κ3) is 4.72. The summed E-state index contributed by atoms with van der Waals surface area (Å²) < 4.78 is 13.2. The van der Waals surface area contributed by atoms with Crippen molar-refractivity contribution in [2.24, 2.45) is 0 Å². The first-order valence-corrected chi connectivity index (χ1v) is 12.3. The molecule has 2 N–H and O–H groups in total.